The molecule has 0 aromatic carbocycles. The van der Waals surface area contributed by atoms with Crippen LogP contribution >= 0.6 is 23.7 Å². The Kier molecular flexibility index (Phi) is 5.39. The van der Waals surface area contributed by atoms with Gasteiger partial charge in [0.1, 0.15) is 11.9 Å². The van der Waals surface area contributed by atoms with Crippen molar-refractivity contribution in [2.75, 3.05) is 19.6 Å². The minimum absolute atomic E-state index is 0. The molecule has 7 heteroatoms. The molecule has 1 N–H and O–H groups in total. The zero-order valence-corrected chi connectivity index (χ0v) is 13.5. The van der Waals surface area contributed by atoms with Gasteiger partial charge < -0.3 is 14.8 Å². The third kappa shape index (κ3) is 3.45. The lowest BCUT2D eigenvalue weighted by Gasteiger charge is -2.35. The monoisotopic (exact) mass is 326 g/mol. The summed E-state index contributed by atoms with van der Waals surface area (Å²) < 4.78 is 1.99. The van der Waals surface area contributed by atoms with E-state index in [1.54, 1.807) is 17.5 Å². The Balaban J connectivity index is 0.00000161. The van der Waals surface area contributed by atoms with Gasteiger partial charge in [-0.05, 0) is 11.4 Å². The van der Waals surface area contributed by atoms with Gasteiger partial charge in [0.25, 0.3) is 0 Å². The number of rotatable bonds is 3. The normalized spacial score (nSPS) is 18.3. The average Bonchev–Trinajstić information content (AvgIpc) is 3.10. The Hall–Kier alpha value is -1.37. The first-order valence-corrected chi connectivity index (χ1v) is 7.63. The standard InChI is InChI=1S/C14H18N4OS.ClH/c1-17-6-5-16-14(17)12-10-15-4-7-18(12)13(19)9-11-3-2-8-20-11;/h2-3,5-6,8,12,15H,4,7,9-10H2,1H3;1H. The molecule has 2 aromatic heterocycles. The van der Waals surface area contributed by atoms with E-state index in [9.17, 15) is 4.79 Å². The summed E-state index contributed by atoms with van der Waals surface area (Å²) in [7, 11) is 1.97. The Labute approximate surface area is 134 Å². The minimum Gasteiger partial charge on any atom is -0.336 e. The number of carbonyl (C=O) groups is 1. The molecule has 0 radical (unpaired) electrons. The molecule has 0 bridgehead atoms. The summed E-state index contributed by atoms with van der Waals surface area (Å²) in [4.78, 5) is 20.0. The highest BCUT2D eigenvalue weighted by Crippen LogP contribution is 2.22. The zero-order valence-electron chi connectivity index (χ0n) is 11.9. The third-order valence-corrected chi connectivity index (χ3v) is 4.50. The van der Waals surface area contributed by atoms with E-state index >= 15 is 0 Å². The lowest BCUT2D eigenvalue weighted by Crippen LogP contribution is -2.49. The van der Waals surface area contributed by atoms with Gasteiger partial charge in [0.2, 0.25) is 5.91 Å². The molecule has 0 aliphatic carbocycles. The van der Waals surface area contributed by atoms with E-state index in [4.69, 9.17) is 0 Å². The molecule has 0 spiro atoms. The molecule has 1 aliphatic rings. The molecule has 1 atom stereocenters. The van der Waals surface area contributed by atoms with Crippen LogP contribution in [0.15, 0.2) is 29.9 Å². The van der Waals surface area contributed by atoms with E-state index < -0.39 is 0 Å². The Morgan fingerprint density at radius 3 is 3.10 bits per heavy atom. The second kappa shape index (κ2) is 7.06. The van der Waals surface area contributed by atoms with Gasteiger partial charge in [-0.15, -0.1) is 23.7 Å². The summed E-state index contributed by atoms with van der Waals surface area (Å²) in [5.74, 6) is 1.12. The van der Waals surface area contributed by atoms with Crippen LogP contribution in [0.25, 0.3) is 0 Å². The van der Waals surface area contributed by atoms with Crippen molar-refractivity contribution in [1.82, 2.24) is 19.8 Å². The van der Waals surface area contributed by atoms with Gasteiger partial charge in [-0.25, -0.2) is 4.98 Å². The van der Waals surface area contributed by atoms with E-state index in [0.29, 0.717) is 6.42 Å². The molecular weight excluding hydrogens is 308 g/mol. The highest BCUT2D eigenvalue weighted by atomic mass is 35.5. The highest BCUT2D eigenvalue weighted by molar-refractivity contribution is 7.10. The largest absolute Gasteiger partial charge is 0.336 e. The molecule has 1 unspecified atom stereocenters. The fourth-order valence-electron chi connectivity index (χ4n) is 2.60. The number of nitrogens with one attached hydrogen (secondary N) is 1. The number of hydrogen-bond acceptors (Lipinski definition) is 4. The number of aromatic nitrogens is 2. The number of piperazine rings is 1. The maximum atomic E-state index is 12.6. The van der Waals surface area contributed by atoms with E-state index in [1.165, 1.54) is 0 Å². The van der Waals surface area contributed by atoms with E-state index in [-0.39, 0.29) is 24.4 Å². The van der Waals surface area contributed by atoms with Gasteiger partial charge >= 0.3 is 0 Å². The molecule has 1 aliphatic heterocycles. The first-order chi connectivity index (χ1) is 9.75. The first kappa shape index (κ1) is 16.0. The van der Waals surface area contributed by atoms with Crippen LogP contribution in [0.5, 0.6) is 0 Å². The van der Waals surface area contributed by atoms with Crippen molar-refractivity contribution in [3.63, 3.8) is 0 Å². The predicted octanol–water partition coefficient (Wildman–Crippen LogP) is 1.62. The van der Waals surface area contributed by atoms with Crippen molar-refractivity contribution in [2.45, 2.75) is 12.5 Å². The molecule has 3 heterocycles. The van der Waals surface area contributed by atoms with E-state index in [1.807, 2.05) is 40.2 Å². The van der Waals surface area contributed by atoms with Crippen molar-refractivity contribution in [3.05, 3.63) is 40.6 Å². The first-order valence-electron chi connectivity index (χ1n) is 6.75. The van der Waals surface area contributed by atoms with Gasteiger partial charge in [0.05, 0.1) is 6.42 Å². The quantitative estimate of drug-likeness (QED) is 0.932. The summed E-state index contributed by atoms with van der Waals surface area (Å²) in [6.07, 6.45) is 4.19. The predicted molar refractivity (Wildman–Crippen MR) is 85.8 cm³/mol. The van der Waals surface area contributed by atoms with Crippen molar-refractivity contribution in [1.29, 1.82) is 0 Å². The topological polar surface area (TPSA) is 50.2 Å². The van der Waals surface area contributed by atoms with Gasteiger partial charge in [-0.3, -0.25) is 4.79 Å². The van der Waals surface area contributed by atoms with Crippen LogP contribution in [0, 0.1) is 0 Å². The highest BCUT2D eigenvalue weighted by Gasteiger charge is 2.30. The second-order valence-corrected chi connectivity index (χ2v) is 5.99. The smallest absolute Gasteiger partial charge is 0.228 e. The van der Waals surface area contributed by atoms with Crippen molar-refractivity contribution in [2.24, 2.45) is 7.05 Å². The summed E-state index contributed by atoms with van der Waals surface area (Å²) in [5, 5.41) is 5.36. The molecule has 1 fully saturated rings. The summed E-state index contributed by atoms with van der Waals surface area (Å²) in [6.45, 7) is 2.35. The van der Waals surface area contributed by atoms with Crippen LogP contribution in [-0.4, -0.2) is 40.0 Å². The lowest BCUT2D eigenvalue weighted by molar-refractivity contribution is -0.134. The zero-order chi connectivity index (χ0) is 13.9. The summed E-state index contributed by atoms with van der Waals surface area (Å²) in [6, 6.07) is 4.03. The van der Waals surface area contributed by atoms with Crippen LogP contribution < -0.4 is 5.32 Å². The Morgan fingerprint density at radius 1 is 1.57 bits per heavy atom. The third-order valence-electron chi connectivity index (χ3n) is 3.63. The number of nitrogens with zero attached hydrogens (tertiary/aromatic N) is 3. The molecule has 1 amide bonds. The Bertz CT molecular complexity index is 584. The Morgan fingerprint density at radius 2 is 2.43 bits per heavy atom. The van der Waals surface area contributed by atoms with Gasteiger partial charge in [0.15, 0.2) is 0 Å². The number of thiophene rings is 1. The lowest BCUT2D eigenvalue weighted by atomic mass is 10.1. The van der Waals surface area contributed by atoms with Crippen molar-refractivity contribution in [3.8, 4) is 0 Å². The van der Waals surface area contributed by atoms with Crippen LogP contribution in [0.1, 0.15) is 16.7 Å². The molecule has 0 saturated carbocycles. The minimum atomic E-state index is 0. The molecular formula is C14H19ClN4OS. The van der Waals surface area contributed by atoms with Crippen LogP contribution in [0.3, 0.4) is 0 Å². The SMILES string of the molecule is Cl.Cn1ccnc1C1CNCCN1C(=O)Cc1cccs1. The molecule has 2 aromatic rings. The van der Waals surface area contributed by atoms with E-state index in [0.717, 1.165) is 30.3 Å². The average molecular weight is 327 g/mol. The van der Waals surface area contributed by atoms with Gasteiger partial charge in [0, 0.05) is 44.0 Å². The number of aryl methyl sites for hydroxylation is 1. The summed E-state index contributed by atoms with van der Waals surface area (Å²) >= 11 is 1.63. The summed E-state index contributed by atoms with van der Waals surface area (Å²) in [5.41, 5.74) is 0. The van der Waals surface area contributed by atoms with Crippen LogP contribution in [-0.2, 0) is 18.3 Å². The number of imidazole rings is 1. The number of halogens is 1. The number of amides is 1. The van der Waals surface area contributed by atoms with Crippen molar-refractivity contribution >= 4 is 29.7 Å². The molecule has 21 heavy (non-hydrogen) atoms. The molecule has 1 saturated heterocycles. The second-order valence-electron chi connectivity index (χ2n) is 4.96. The van der Waals surface area contributed by atoms with Crippen LogP contribution in [0.2, 0.25) is 0 Å². The van der Waals surface area contributed by atoms with E-state index in [2.05, 4.69) is 10.3 Å². The molecule has 114 valence electrons. The maximum absolute atomic E-state index is 12.6. The van der Waals surface area contributed by atoms with Crippen LogP contribution in [0.4, 0.5) is 0 Å². The fourth-order valence-corrected chi connectivity index (χ4v) is 3.29. The maximum Gasteiger partial charge on any atom is 0.228 e. The van der Waals surface area contributed by atoms with Gasteiger partial charge in [-0.1, -0.05) is 6.07 Å². The molecule has 3 rings (SSSR count). The fraction of sp³-hybridized carbons (Fsp3) is 0.429. The molecule has 5 nitrogen and oxygen atoms in total. The number of hydrogen-bond donors (Lipinski definition) is 1. The van der Waals surface area contributed by atoms with Crippen molar-refractivity contribution < 1.29 is 4.79 Å². The van der Waals surface area contributed by atoms with Gasteiger partial charge in [-0.2, -0.15) is 0 Å². The number of carbonyl (C=O) groups excluding carboxylic acids is 1.